The van der Waals surface area contributed by atoms with Crippen LogP contribution in [0, 0.1) is 0 Å². The van der Waals surface area contributed by atoms with Gasteiger partial charge < -0.3 is 21.1 Å². The molecule has 32 heavy (non-hydrogen) atoms. The summed E-state index contributed by atoms with van der Waals surface area (Å²) in [5.74, 6) is -0.283. The van der Waals surface area contributed by atoms with Crippen molar-refractivity contribution in [2.75, 3.05) is 29.0 Å². The average Bonchev–Trinajstić information content (AvgIpc) is 3.33. The van der Waals surface area contributed by atoms with Gasteiger partial charge in [0.2, 0.25) is 0 Å². The molecule has 1 aliphatic heterocycles. The Hall–Kier alpha value is -3.91. The number of nitrogens with zero attached hydrogens (tertiary/aromatic N) is 2. The van der Waals surface area contributed by atoms with Crippen molar-refractivity contribution in [3.8, 4) is 0 Å². The smallest absolute Gasteiger partial charge is 0.414 e. The molecule has 0 aliphatic carbocycles. The lowest BCUT2D eigenvalue weighted by Gasteiger charge is -2.24. The Kier molecular flexibility index (Phi) is 6.62. The van der Waals surface area contributed by atoms with Crippen molar-refractivity contribution in [2.45, 2.75) is 19.1 Å². The zero-order chi connectivity index (χ0) is 22.3. The standard InChI is InChI=1S/C24H25N5O3/c25-21-3-1-2-4-22(21)28-23(30)18-5-7-19(8-6-18)29(16-17-9-12-26-13-10-17)24(31)32-20-11-14-27-15-20/h1-10,12-13,20,27H,11,14-16,25H2,(H,28,30). The van der Waals surface area contributed by atoms with Crippen molar-refractivity contribution in [3.05, 3.63) is 84.2 Å². The Morgan fingerprint density at radius 1 is 1.09 bits per heavy atom. The summed E-state index contributed by atoms with van der Waals surface area (Å²) in [7, 11) is 0. The third kappa shape index (κ3) is 5.22. The Labute approximate surface area is 186 Å². The van der Waals surface area contributed by atoms with Crippen molar-refractivity contribution in [2.24, 2.45) is 0 Å². The monoisotopic (exact) mass is 431 g/mol. The molecule has 1 aromatic heterocycles. The molecule has 4 N–H and O–H groups in total. The van der Waals surface area contributed by atoms with E-state index in [-0.39, 0.29) is 12.0 Å². The summed E-state index contributed by atoms with van der Waals surface area (Å²) in [6.45, 7) is 1.81. The molecule has 1 fully saturated rings. The summed E-state index contributed by atoms with van der Waals surface area (Å²) >= 11 is 0. The molecule has 8 heteroatoms. The van der Waals surface area contributed by atoms with Crippen LogP contribution in [0.15, 0.2) is 73.1 Å². The maximum Gasteiger partial charge on any atom is 0.414 e. The summed E-state index contributed by atoms with van der Waals surface area (Å²) < 4.78 is 5.69. The summed E-state index contributed by atoms with van der Waals surface area (Å²) in [6, 6.07) is 17.6. The first kappa shape index (κ1) is 21.3. The van der Waals surface area contributed by atoms with E-state index in [0.29, 0.717) is 35.7 Å². The molecule has 0 bridgehead atoms. The molecule has 164 valence electrons. The average molecular weight is 431 g/mol. The van der Waals surface area contributed by atoms with E-state index in [9.17, 15) is 9.59 Å². The Morgan fingerprint density at radius 3 is 2.53 bits per heavy atom. The molecule has 1 aliphatic rings. The van der Waals surface area contributed by atoms with Gasteiger partial charge in [-0.3, -0.25) is 14.7 Å². The molecule has 3 aromatic rings. The predicted molar refractivity (Wildman–Crippen MR) is 123 cm³/mol. The highest BCUT2D eigenvalue weighted by molar-refractivity contribution is 6.06. The molecule has 2 aromatic carbocycles. The van der Waals surface area contributed by atoms with Crippen molar-refractivity contribution in [3.63, 3.8) is 0 Å². The zero-order valence-corrected chi connectivity index (χ0v) is 17.5. The van der Waals surface area contributed by atoms with Crippen molar-refractivity contribution >= 4 is 29.1 Å². The minimum Gasteiger partial charge on any atom is -0.444 e. The summed E-state index contributed by atoms with van der Waals surface area (Å²) in [5, 5.41) is 6.00. The molecule has 8 nitrogen and oxygen atoms in total. The number of rotatable bonds is 6. The topological polar surface area (TPSA) is 110 Å². The first-order chi connectivity index (χ1) is 15.6. The van der Waals surface area contributed by atoms with Gasteiger partial charge in [0, 0.05) is 30.2 Å². The molecule has 1 saturated heterocycles. The number of hydrogen-bond acceptors (Lipinski definition) is 6. The molecular formula is C24H25N5O3. The minimum absolute atomic E-state index is 0.149. The van der Waals surface area contributed by atoms with Crippen LogP contribution in [0.2, 0.25) is 0 Å². The number of benzene rings is 2. The van der Waals surface area contributed by atoms with E-state index < -0.39 is 6.09 Å². The summed E-state index contributed by atoms with van der Waals surface area (Å²) in [5.41, 5.74) is 8.95. The van der Waals surface area contributed by atoms with Crippen LogP contribution in [-0.4, -0.2) is 36.2 Å². The van der Waals surface area contributed by atoms with Crippen molar-refractivity contribution < 1.29 is 14.3 Å². The van der Waals surface area contributed by atoms with E-state index in [1.807, 2.05) is 12.1 Å². The van der Waals surface area contributed by atoms with E-state index in [1.165, 1.54) is 0 Å². The van der Waals surface area contributed by atoms with Crippen LogP contribution in [0.25, 0.3) is 0 Å². The Balaban J connectivity index is 1.51. The van der Waals surface area contributed by atoms with Gasteiger partial charge >= 0.3 is 6.09 Å². The fourth-order valence-electron chi connectivity index (χ4n) is 3.47. The second kappa shape index (κ2) is 9.93. The van der Waals surface area contributed by atoms with Gasteiger partial charge in [-0.05, 0) is 67.1 Å². The third-order valence-corrected chi connectivity index (χ3v) is 5.24. The number of anilines is 3. The highest BCUT2D eigenvalue weighted by Gasteiger charge is 2.24. The van der Waals surface area contributed by atoms with Crippen LogP contribution >= 0.6 is 0 Å². The molecule has 4 rings (SSSR count). The van der Waals surface area contributed by atoms with Gasteiger partial charge in [0.15, 0.2) is 0 Å². The lowest BCUT2D eigenvalue weighted by atomic mass is 10.1. The predicted octanol–water partition coefficient (Wildman–Crippen LogP) is 3.42. The zero-order valence-electron chi connectivity index (χ0n) is 17.5. The fourth-order valence-corrected chi connectivity index (χ4v) is 3.47. The number of amides is 2. The van der Waals surface area contributed by atoms with E-state index in [4.69, 9.17) is 10.5 Å². The number of carbonyl (C=O) groups is 2. The van der Waals surface area contributed by atoms with Crippen molar-refractivity contribution in [1.29, 1.82) is 0 Å². The number of aromatic nitrogens is 1. The maximum atomic E-state index is 13.0. The van der Waals surface area contributed by atoms with Crippen LogP contribution in [0.4, 0.5) is 21.9 Å². The van der Waals surface area contributed by atoms with E-state index in [0.717, 1.165) is 18.5 Å². The molecule has 0 radical (unpaired) electrons. The van der Waals surface area contributed by atoms with Crippen LogP contribution in [0.3, 0.4) is 0 Å². The van der Waals surface area contributed by atoms with Gasteiger partial charge in [0.1, 0.15) is 6.10 Å². The fraction of sp³-hybridized carbons (Fsp3) is 0.208. The first-order valence-electron chi connectivity index (χ1n) is 10.4. The van der Waals surface area contributed by atoms with Gasteiger partial charge in [-0.1, -0.05) is 12.1 Å². The van der Waals surface area contributed by atoms with E-state index >= 15 is 0 Å². The van der Waals surface area contributed by atoms with Gasteiger partial charge in [-0.2, -0.15) is 0 Å². The number of para-hydroxylation sites is 2. The summed E-state index contributed by atoms with van der Waals surface area (Å²) in [4.78, 5) is 31.2. The number of nitrogens with two attached hydrogens (primary N) is 1. The van der Waals surface area contributed by atoms with Crippen LogP contribution in [0.1, 0.15) is 22.3 Å². The van der Waals surface area contributed by atoms with Gasteiger partial charge in [-0.15, -0.1) is 0 Å². The van der Waals surface area contributed by atoms with Gasteiger partial charge in [0.25, 0.3) is 5.91 Å². The quantitative estimate of drug-likeness (QED) is 0.516. The maximum absolute atomic E-state index is 13.0. The highest BCUT2D eigenvalue weighted by Crippen LogP contribution is 2.22. The Morgan fingerprint density at radius 2 is 1.84 bits per heavy atom. The van der Waals surface area contributed by atoms with Gasteiger partial charge in [-0.25, -0.2) is 4.79 Å². The van der Waals surface area contributed by atoms with Crippen LogP contribution < -0.4 is 21.3 Å². The SMILES string of the molecule is Nc1ccccc1NC(=O)c1ccc(N(Cc2ccncc2)C(=O)OC2CCNC2)cc1. The van der Waals surface area contributed by atoms with Crippen LogP contribution in [-0.2, 0) is 11.3 Å². The van der Waals surface area contributed by atoms with Gasteiger partial charge in [0.05, 0.1) is 17.9 Å². The molecule has 0 spiro atoms. The molecule has 1 unspecified atom stereocenters. The second-order valence-electron chi connectivity index (χ2n) is 7.53. The number of ether oxygens (including phenoxy) is 1. The third-order valence-electron chi connectivity index (χ3n) is 5.24. The molecule has 2 heterocycles. The lowest BCUT2D eigenvalue weighted by Crippen LogP contribution is -2.34. The largest absolute Gasteiger partial charge is 0.444 e. The number of nitrogen functional groups attached to an aromatic ring is 1. The second-order valence-corrected chi connectivity index (χ2v) is 7.53. The molecule has 2 amide bonds. The lowest BCUT2D eigenvalue weighted by molar-refractivity contribution is 0.102. The number of pyridine rings is 1. The number of hydrogen-bond donors (Lipinski definition) is 3. The number of nitrogens with one attached hydrogen (secondary N) is 2. The van der Waals surface area contributed by atoms with Crippen molar-refractivity contribution in [1.82, 2.24) is 10.3 Å². The number of carbonyl (C=O) groups excluding carboxylic acids is 2. The van der Waals surface area contributed by atoms with Crippen LogP contribution in [0.5, 0.6) is 0 Å². The highest BCUT2D eigenvalue weighted by atomic mass is 16.6. The minimum atomic E-state index is -0.426. The van der Waals surface area contributed by atoms with E-state index in [1.54, 1.807) is 65.8 Å². The van der Waals surface area contributed by atoms with E-state index in [2.05, 4.69) is 15.6 Å². The first-order valence-corrected chi connectivity index (χ1v) is 10.4. The molecular weight excluding hydrogens is 406 g/mol. The normalized spacial score (nSPS) is 15.2. The summed E-state index contributed by atoms with van der Waals surface area (Å²) in [6.07, 6.45) is 3.58. The molecule has 0 saturated carbocycles. The molecule has 1 atom stereocenters. The Bertz CT molecular complexity index is 1070.